The van der Waals surface area contributed by atoms with Crippen molar-refractivity contribution in [3.63, 3.8) is 0 Å². The normalized spacial score (nSPS) is 17.3. The number of amides is 1. The van der Waals surface area contributed by atoms with Gasteiger partial charge in [-0.05, 0) is 44.6 Å². The highest BCUT2D eigenvalue weighted by Crippen LogP contribution is 2.24. The summed E-state index contributed by atoms with van der Waals surface area (Å²) < 4.78 is 0.853. The highest BCUT2D eigenvalue weighted by Gasteiger charge is 2.21. The number of anilines is 1. The van der Waals surface area contributed by atoms with E-state index in [0.717, 1.165) is 42.6 Å². The standard InChI is InChI=1S/C14H20BrN3O/c1-10-12(8-11(15)9-13(10)16)14(19)18-5-3-4-17(2)6-7-18/h8-9H,3-7,16H2,1-2H3. The molecule has 1 aliphatic heterocycles. The molecule has 1 saturated heterocycles. The van der Waals surface area contributed by atoms with Gasteiger partial charge in [0.2, 0.25) is 0 Å². The Morgan fingerprint density at radius 1 is 1.26 bits per heavy atom. The predicted molar refractivity (Wildman–Crippen MR) is 81.3 cm³/mol. The minimum atomic E-state index is 0.0841. The fourth-order valence-electron chi connectivity index (χ4n) is 2.34. The lowest BCUT2D eigenvalue weighted by Gasteiger charge is -2.22. The zero-order valence-electron chi connectivity index (χ0n) is 11.4. The second kappa shape index (κ2) is 5.92. The van der Waals surface area contributed by atoms with Gasteiger partial charge in [-0.2, -0.15) is 0 Å². The molecule has 0 radical (unpaired) electrons. The number of carbonyl (C=O) groups is 1. The highest BCUT2D eigenvalue weighted by molar-refractivity contribution is 9.10. The quantitative estimate of drug-likeness (QED) is 0.804. The van der Waals surface area contributed by atoms with E-state index in [1.54, 1.807) is 0 Å². The summed E-state index contributed by atoms with van der Waals surface area (Å²) in [6.45, 7) is 5.47. The van der Waals surface area contributed by atoms with Gasteiger partial charge in [0.05, 0.1) is 0 Å². The molecular weight excluding hydrogens is 306 g/mol. The van der Waals surface area contributed by atoms with Crippen molar-refractivity contribution in [1.29, 1.82) is 0 Å². The van der Waals surface area contributed by atoms with Crippen molar-refractivity contribution in [3.8, 4) is 0 Å². The van der Waals surface area contributed by atoms with E-state index in [1.165, 1.54) is 0 Å². The van der Waals surface area contributed by atoms with Crippen LogP contribution in [0.2, 0.25) is 0 Å². The number of rotatable bonds is 1. The topological polar surface area (TPSA) is 49.6 Å². The summed E-state index contributed by atoms with van der Waals surface area (Å²) >= 11 is 3.41. The molecule has 0 spiro atoms. The maximum absolute atomic E-state index is 12.6. The molecule has 104 valence electrons. The Kier molecular flexibility index (Phi) is 4.47. The SMILES string of the molecule is Cc1c(N)cc(Br)cc1C(=O)N1CCCN(C)CC1. The van der Waals surface area contributed by atoms with Crippen molar-refractivity contribution >= 4 is 27.5 Å². The van der Waals surface area contributed by atoms with Crippen LogP contribution in [0.3, 0.4) is 0 Å². The molecule has 4 nitrogen and oxygen atoms in total. The first-order valence-electron chi connectivity index (χ1n) is 6.52. The van der Waals surface area contributed by atoms with Crippen LogP contribution in [0.25, 0.3) is 0 Å². The molecule has 0 aliphatic carbocycles. The van der Waals surface area contributed by atoms with E-state index >= 15 is 0 Å². The number of hydrogen-bond donors (Lipinski definition) is 1. The van der Waals surface area contributed by atoms with Crippen LogP contribution in [0, 0.1) is 6.92 Å². The van der Waals surface area contributed by atoms with Crippen molar-refractivity contribution in [3.05, 3.63) is 27.7 Å². The number of halogens is 1. The first-order chi connectivity index (χ1) is 8.99. The molecule has 0 saturated carbocycles. The molecule has 19 heavy (non-hydrogen) atoms. The molecule has 0 aromatic heterocycles. The summed E-state index contributed by atoms with van der Waals surface area (Å²) in [6, 6.07) is 3.70. The largest absolute Gasteiger partial charge is 0.398 e. The average molecular weight is 326 g/mol. The molecular formula is C14H20BrN3O. The minimum Gasteiger partial charge on any atom is -0.398 e. The van der Waals surface area contributed by atoms with Crippen LogP contribution in [0.1, 0.15) is 22.3 Å². The lowest BCUT2D eigenvalue weighted by molar-refractivity contribution is 0.0762. The number of likely N-dealkylation sites (N-methyl/N-ethyl adjacent to an activating group) is 1. The fourth-order valence-corrected chi connectivity index (χ4v) is 2.82. The van der Waals surface area contributed by atoms with E-state index in [4.69, 9.17) is 5.73 Å². The summed E-state index contributed by atoms with van der Waals surface area (Å²) in [7, 11) is 2.09. The van der Waals surface area contributed by atoms with Gasteiger partial charge >= 0.3 is 0 Å². The number of nitrogens with zero attached hydrogens (tertiary/aromatic N) is 2. The number of nitrogens with two attached hydrogens (primary N) is 1. The summed E-state index contributed by atoms with van der Waals surface area (Å²) in [6.07, 6.45) is 1.02. The van der Waals surface area contributed by atoms with Gasteiger partial charge in [-0.3, -0.25) is 4.79 Å². The molecule has 1 amide bonds. The Labute approximate surface area is 122 Å². The first-order valence-corrected chi connectivity index (χ1v) is 7.32. The highest BCUT2D eigenvalue weighted by atomic mass is 79.9. The minimum absolute atomic E-state index is 0.0841. The number of hydrogen-bond acceptors (Lipinski definition) is 3. The van der Waals surface area contributed by atoms with Gasteiger partial charge in [-0.15, -0.1) is 0 Å². The Balaban J connectivity index is 2.24. The summed E-state index contributed by atoms with van der Waals surface area (Å²) in [4.78, 5) is 16.8. The molecule has 0 atom stereocenters. The Bertz CT molecular complexity index is 490. The Hall–Kier alpha value is -1.07. The van der Waals surface area contributed by atoms with Crippen molar-refractivity contribution in [2.24, 2.45) is 0 Å². The Morgan fingerprint density at radius 3 is 2.74 bits per heavy atom. The van der Waals surface area contributed by atoms with Gasteiger partial charge in [-0.1, -0.05) is 15.9 Å². The first kappa shape index (κ1) is 14.3. The number of nitrogen functional groups attached to an aromatic ring is 1. The van der Waals surface area contributed by atoms with Gasteiger partial charge in [0.1, 0.15) is 0 Å². The smallest absolute Gasteiger partial charge is 0.254 e. The van der Waals surface area contributed by atoms with E-state index in [2.05, 4.69) is 27.9 Å². The van der Waals surface area contributed by atoms with Gasteiger partial charge in [0.25, 0.3) is 5.91 Å². The lowest BCUT2D eigenvalue weighted by atomic mass is 10.1. The van der Waals surface area contributed by atoms with Crippen LogP contribution >= 0.6 is 15.9 Å². The third-order valence-corrected chi connectivity index (χ3v) is 4.11. The molecule has 1 aromatic carbocycles. The van der Waals surface area contributed by atoms with Crippen LogP contribution in [0.4, 0.5) is 5.69 Å². The van der Waals surface area contributed by atoms with Gasteiger partial charge in [0.15, 0.2) is 0 Å². The van der Waals surface area contributed by atoms with E-state index in [0.29, 0.717) is 11.3 Å². The monoisotopic (exact) mass is 325 g/mol. The molecule has 1 aliphatic rings. The van der Waals surface area contributed by atoms with E-state index in [9.17, 15) is 4.79 Å². The van der Waals surface area contributed by atoms with Crippen LogP contribution in [-0.4, -0.2) is 48.9 Å². The van der Waals surface area contributed by atoms with Gasteiger partial charge in [0, 0.05) is 35.4 Å². The third kappa shape index (κ3) is 3.28. The summed E-state index contributed by atoms with van der Waals surface area (Å²) in [5.74, 6) is 0.0841. The molecule has 2 rings (SSSR count). The van der Waals surface area contributed by atoms with E-state index in [-0.39, 0.29) is 5.91 Å². The van der Waals surface area contributed by atoms with Crippen molar-refractivity contribution < 1.29 is 4.79 Å². The molecule has 1 heterocycles. The van der Waals surface area contributed by atoms with Crippen molar-refractivity contribution in [1.82, 2.24) is 9.80 Å². The molecule has 1 aromatic rings. The van der Waals surface area contributed by atoms with E-state index < -0.39 is 0 Å². The van der Waals surface area contributed by atoms with Crippen LogP contribution < -0.4 is 5.73 Å². The average Bonchev–Trinajstić information content (AvgIpc) is 2.58. The molecule has 2 N–H and O–H groups in total. The van der Waals surface area contributed by atoms with Crippen molar-refractivity contribution in [2.75, 3.05) is 39.0 Å². The second-order valence-electron chi connectivity index (χ2n) is 5.12. The fraction of sp³-hybridized carbons (Fsp3) is 0.500. The van der Waals surface area contributed by atoms with Crippen LogP contribution in [-0.2, 0) is 0 Å². The van der Waals surface area contributed by atoms with Crippen molar-refractivity contribution in [2.45, 2.75) is 13.3 Å². The summed E-state index contributed by atoms with van der Waals surface area (Å²) in [5, 5.41) is 0. The van der Waals surface area contributed by atoms with Crippen LogP contribution in [0.5, 0.6) is 0 Å². The lowest BCUT2D eigenvalue weighted by Crippen LogP contribution is -2.35. The van der Waals surface area contributed by atoms with Gasteiger partial charge in [-0.25, -0.2) is 0 Å². The molecule has 0 bridgehead atoms. The molecule has 0 unspecified atom stereocenters. The zero-order valence-corrected chi connectivity index (χ0v) is 13.0. The number of carbonyl (C=O) groups excluding carboxylic acids is 1. The molecule has 1 fully saturated rings. The number of benzene rings is 1. The van der Waals surface area contributed by atoms with Crippen LogP contribution in [0.15, 0.2) is 16.6 Å². The molecule has 5 heteroatoms. The second-order valence-corrected chi connectivity index (χ2v) is 6.03. The van der Waals surface area contributed by atoms with E-state index in [1.807, 2.05) is 24.0 Å². The third-order valence-electron chi connectivity index (χ3n) is 3.65. The maximum atomic E-state index is 12.6. The predicted octanol–water partition coefficient (Wildman–Crippen LogP) is 2.12. The van der Waals surface area contributed by atoms with Gasteiger partial charge < -0.3 is 15.5 Å². The zero-order chi connectivity index (χ0) is 14.0. The Morgan fingerprint density at radius 2 is 2.00 bits per heavy atom. The summed E-state index contributed by atoms with van der Waals surface area (Å²) in [5.41, 5.74) is 8.16. The maximum Gasteiger partial charge on any atom is 0.254 e.